The molecular weight excluding hydrogens is 635 g/mol. The van der Waals surface area contributed by atoms with Crippen LogP contribution in [0.5, 0.6) is 0 Å². The molecule has 0 saturated carbocycles. The van der Waals surface area contributed by atoms with Crippen LogP contribution in [0.15, 0.2) is 180 Å². The Bertz CT molecular complexity index is 2910. The first kappa shape index (κ1) is 30.0. The average Bonchev–Trinajstić information content (AvgIpc) is 3.60. The molecule has 0 amide bonds. The van der Waals surface area contributed by atoms with E-state index in [9.17, 15) is 0 Å². The number of rotatable bonds is 6. The highest BCUT2D eigenvalue weighted by Gasteiger charge is 2.18. The van der Waals surface area contributed by atoms with Gasteiger partial charge in [0.2, 0.25) is 0 Å². The van der Waals surface area contributed by atoms with Crippen molar-refractivity contribution in [2.75, 3.05) is 0 Å². The van der Waals surface area contributed by atoms with Gasteiger partial charge >= 0.3 is 0 Å². The average molecular weight is 666 g/mol. The summed E-state index contributed by atoms with van der Waals surface area (Å²) in [6.45, 7) is 0. The molecule has 0 aliphatic carbocycles. The molecule has 0 atom stereocenters. The topological polar surface area (TPSA) is 51.8 Å². The molecule has 4 heteroatoms. The van der Waals surface area contributed by atoms with Crippen molar-refractivity contribution >= 4 is 43.5 Å². The Morgan fingerprint density at radius 3 is 1.79 bits per heavy atom. The third-order valence-corrected chi connectivity index (χ3v) is 9.98. The molecule has 8 aromatic carbocycles. The van der Waals surface area contributed by atoms with Crippen molar-refractivity contribution in [3.63, 3.8) is 0 Å². The van der Waals surface area contributed by atoms with Gasteiger partial charge in [0.05, 0.1) is 0 Å². The highest BCUT2D eigenvalue weighted by Crippen LogP contribution is 2.37. The van der Waals surface area contributed by atoms with Crippen LogP contribution in [0.1, 0.15) is 11.4 Å². The Morgan fingerprint density at radius 2 is 1.00 bits per heavy atom. The molecule has 2 aromatic heterocycles. The lowest BCUT2D eigenvalue weighted by molar-refractivity contribution is 0.668. The highest BCUT2D eigenvalue weighted by molar-refractivity contribution is 6.13. The molecule has 0 aliphatic rings. The number of aromatic nitrogens is 3. The van der Waals surface area contributed by atoms with Gasteiger partial charge in [-0.15, -0.1) is 0 Å². The number of benzene rings is 8. The predicted molar refractivity (Wildman–Crippen MR) is 213 cm³/mol. The quantitative estimate of drug-likeness (QED) is 0.166. The molecule has 244 valence electrons. The summed E-state index contributed by atoms with van der Waals surface area (Å²) in [6, 6.07) is 61.4. The lowest BCUT2D eigenvalue weighted by Gasteiger charge is -2.12. The second-order valence-electron chi connectivity index (χ2n) is 13.2. The van der Waals surface area contributed by atoms with E-state index in [0.29, 0.717) is 23.9 Å². The van der Waals surface area contributed by atoms with Crippen molar-refractivity contribution < 1.29 is 4.42 Å². The Hall–Kier alpha value is -6.91. The minimum atomic E-state index is 0.517. The summed E-state index contributed by atoms with van der Waals surface area (Å²) in [5.41, 5.74) is 9.46. The van der Waals surface area contributed by atoms with Crippen molar-refractivity contribution in [1.82, 2.24) is 15.0 Å². The van der Waals surface area contributed by atoms with Crippen molar-refractivity contribution in [3.8, 4) is 45.0 Å². The van der Waals surface area contributed by atoms with Crippen LogP contribution in [0.25, 0.3) is 88.5 Å². The smallest absolute Gasteiger partial charge is 0.164 e. The first-order valence-corrected chi connectivity index (χ1v) is 17.6. The lowest BCUT2D eigenvalue weighted by Crippen LogP contribution is -2.04. The predicted octanol–water partition coefficient (Wildman–Crippen LogP) is 12.3. The van der Waals surface area contributed by atoms with Crippen LogP contribution in [0.2, 0.25) is 0 Å². The maximum Gasteiger partial charge on any atom is 0.164 e. The molecule has 10 aromatic rings. The van der Waals surface area contributed by atoms with Crippen LogP contribution in [-0.2, 0) is 6.42 Å². The second kappa shape index (κ2) is 12.4. The largest absolute Gasteiger partial charge is 0.456 e. The van der Waals surface area contributed by atoms with Crippen molar-refractivity contribution in [2.24, 2.45) is 0 Å². The second-order valence-corrected chi connectivity index (χ2v) is 13.2. The molecule has 4 nitrogen and oxygen atoms in total. The van der Waals surface area contributed by atoms with E-state index in [1.54, 1.807) is 0 Å². The van der Waals surface area contributed by atoms with E-state index in [1.165, 1.54) is 21.9 Å². The monoisotopic (exact) mass is 665 g/mol. The molecule has 2 heterocycles. The third-order valence-electron chi connectivity index (χ3n) is 9.98. The molecule has 0 saturated heterocycles. The van der Waals surface area contributed by atoms with Crippen molar-refractivity contribution in [2.45, 2.75) is 6.42 Å². The van der Waals surface area contributed by atoms with Crippen LogP contribution in [0, 0.1) is 0 Å². The standard InChI is InChI=1S/C48H31N3O/c1-3-12-31(13-4-1)32-22-24-33(25-23-32)35-26-27-43-42(28-35)46-37(17-11-21-44(46)52-43)30-45-49-47(34-14-5-2-6-15-34)51-48(50-45)41-29-36-16-7-8-18-38(36)39-19-9-10-20-40(39)41/h1-29H,30H2. The summed E-state index contributed by atoms with van der Waals surface area (Å²) >= 11 is 0. The molecule has 0 N–H and O–H groups in total. The SMILES string of the molecule is c1ccc(-c2ccc(-c3ccc4oc5cccc(Cc6nc(-c7ccccc7)nc(-c7cc8ccccc8c8ccccc78)n6)c5c4c3)cc2)cc1. The summed E-state index contributed by atoms with van der Waals surface area (Å²) in [6.07, 6.45) is 0.517. The molecule has 0 unspecified atom stereocenters. The van der Waals surface area contributed by atoms with Gasteiger partial charge in [0, 0.05) is 28.3 Å². The van der Waals surface area contributed by atoms with Crippen LogP contribution in [0.3, 0.4) is 0 Å². The molecule has 0 aliphatic heterocycles. The summed E-state index contributed by atoms with van der Waals surface area (Å²) in [7, 11) is 0. The number of furan rings is 1. The maximum atomic E-state index is 6.42. The Labute approximate surface area is 300 Å². The minimum absolute atomic E-state index is 0.517. The van der Waals surface area contributed by atoms with E-state index in [-0.39, 0.29) is 0 Å². The van der Waals surface area contributed by atoms with Crippen LogP contribution in [-0.4, -0.2) is 15.0 Å². The fourth-order valence-electron chi connectivity index (χ4n) is 7.46. The van der Waals surface area contributed by atoms with E-state index in [4.69, 9.17) is 19.4 Å². The Morgan fingerprint density at radius 1 is 0.385 bits per heavy atom. The van der Waals surface area contributed by atoms with Crippen molar-refractivity contribution in [1.29, 1.82) is 0 Å². The van der Waals surface area contributed by atoms with Gasteiger partial charge < -0.3 is 4.42 Å². The van der Waals surface area contributed by atoms with E-state index < -0.39 is 0 Å². The summed E-state index contributed by atoms with van der Waals surface area (Å²) in [5.74, 6) is 2.02. The first-order valence-electron chi connectivity index (χ1n) is 17.6. The highest BCUT2D eigenvalue weighted by atomic mass is 16.3. The van der Waals surface area contributed by atoms with Gasteiger partial charge in [0.25, 0.3) is 0 Å². The van der Waals surface area contributed by atoms with Gasteiger partial charge in [-0.2, -0.15) is 0 Å². The Kier molecular flexibility index (Phi) is 7.17. The van der Waals surface area contributed by atoms with Crippen LogP contribution < -0.4 is 0 Å². The summed E-state index contributed by atoms with van der Waals surface area (Å²) in [4.78, 5) is 15.4. The maximum absolute atomic E-state index is 6.42. The van der Waals surface area contributed by atoms with Crippen molar-refractivity contribution in [3.05, 3.63) is 187 Å². The van der Waals surface area contributed by atoms with Gasteiger partial charge in [0.1, 0.15) is 17.0 Å². The van der Waals surface area contributed by atoms with E-state index >= 15 is 0 Å². The molecule has 0 spiro atoms. The molecule has 10 rings (SSSR count). The summed E-state index contributed by atoms with van der Waals surface area (Å²) in [5, 5.41) is 6.82. The number of hydrogen-bond acceptors (Lipinski definition) is 4. The normalized spacial score (nSPS) is 11.5. The van der Waals surface area contributed by atoms with E-state index in [2.05, 4.69) is 146 Å². The Balaban J connectivity index is 1.10. The van der Waals surface area contributed by atoms with Gasteiger partial charge in [-0.05, 0) is 73.6 Å². The van der Waals surface area contributed by atoms with Gasteiger partial charge in [-0.1, -0.05) is 152 Å². The number of fused-ring (bicyclic) bond motifs is 6. The zero-order valence-corrected chi connectivity index (χ0v) is 28.2. The van der Waals surface area contributed by atoms with Crippen LogP contribution in [0.4, 0.5) is 0 Å². The van der Waals surface area contributed by atoms with Gasteiger partial charge in [-0.25, -0.2) is 15.0 Å². The molecule has 0 fully saturated rings. The van der Waals surface area contributed by atoms with Gasteiger partial charge in [0.15, 0.2) is 11.6 Å². The van der Waals surface area contributed by atoms with E-state index in [1.807, 2.05) is 30.3 Å². The van der Waals surface area contributed by atoms with Crippen LogP contribution >= 0.6 is 0 Å². The van der Waals surface area contributed by atoms with E-state index in [0.717, 1.165) is 60.5 Å². The minimum Gasteiger partial charge on any atom is -0.456 e. The fourth-order valence-corrected chi connectivity index (χ4v) is 7.46. The molecular formula is C48H31N3O. The third kappa shape index (κ3) is 5.29. The summed E-state index contributed by atoms with van der Waals surface area (Å²) < 4.78 is 6.42. The molecule has 0 bridgehead atoms. The zero-order valence-electron chi connectivity index (χ0n) is 28.2. The number of nitrogens with zero attached hydrogens (tertiary/aromatic N) is 3. The fraction of sp³-hybridized carbons (Fsp3) is 0.0208. The first-order chi connectivity index (χ1) is 25.7. The lowest BCUT2D eigenvalue weighted by atomic mass is 9.96. The van der Waals surface area contributed by atoms with Gasteiger partial charge in [-0.3, -0.25) is 0 Å². The molecule has 0 radical (unpaired) electrons. The zero-order chi connectivity index (χ0) is 34.4. The molecule has 52 heavy (non-hydrogen) atoms. The number of hydrogen-bond donors (Lipinski definition) is 0.